The molecule has 13 nitrogen and oxygen atoms in total. The lowest BCUT2D eigenvalue weighted by Crippen LogP contribution is -2.20. The molecule has 0 saturated heterocycles. The average Bonchev–Trinajstić information content (AvgIpc) is 2.91. The van der Waals surface area contributed by atoms with Crippen molar-refractivity contribution in [2.45, 2.75) is 58.3 Å². The number of methoxy groups -OCH3 is 1. The maximum Gasteiger partial charge on any atom is 0.358 e. The van der Waals surface area contributed by atoms with Gasteiger partial charge < -0.3 is 43.0 Å². The van der Waals surface area contributed by atoms with Gasteiger partial charge in [-0.15, -0.1) is 0 Å². The van der Waals surface area contributed by atoms with Crippen LogP contribution in [-0.2, 0) is 21.5 Å². The number of nitrogens with two attached hydrogens (primary N) is 4. The molecule has 0 aliphatic heterocycles. The van der Waals surface area contributed by atoms with Crippen molar-refractivity contribution in [1.82, 2.24) is 19.9 Å². The molecule has 248 valence electrons. The van der Waals surface area contributed by atoms with Crippen molar-refractivity contribution in [1.29, 1.82) is 0 Å². The lowest BCUT2D eigenvalue weighted by atomic mass is 9.98. The Hall–Kier alpha value is -3.89. The highest BCUT2D eigenvalue weighted by Crippen LogP contribution is 2.31. The third-order valence-electron chi connectivity index (χ3n) is 6.05. The number of carbonyl (C=O) groups excluding carboxylic acids is 1. The van der Waals surface area contributed by atoms with Gasteiger partial charge in [0.2, 0.25) is 0 Å². The number of hydrogen-bond donors (Lipinski definition) is 7. The molecule has 0 spiro atoms. The second kappa shape index (κ2) is 15.1. The Morgan fingerprint density at radius 3 is 1.24 bits per heavy atom. The molecule has 0 saturated carbocycles. The van der Waals surface area contributed by atoms with E-state index in [4.69, 9.17) is 22.9 Å². The van der Waals surface area contributed by atoms with E-state index in [0.29, 0.717) is 39.8 Å². The SMILES string of the molecule is CC(C)(O)c1ncc(-c2cnc(C(C)(C)O)c(N)c2)cc1N.CC(C)(O)c1ncc(Br)cc1N.COC(=O)c1ncc(Br)cc1N. The first-order valence-electron chi connectivity index (χ1n) is 13.7. The van der Waals surface area contributed by atoms with Gasteiger partial charge in [-0.1, -0.05) is 0 Å². The highest BCUT2D eigenvalue weighted by atomic mass is 79.9. The van der Waals surface area contributed by atoms with Crippen molar-refractivity contribution in [2.75, 3.05) is 30.0 Å². The van der Waals surface area contributed by atoms with Crippen LogP contribution in [0.15, 0.2) is 58.0 Å². The van der Waals surface area contributed by atoms with Gasteiger partial charge in [-0.3, -0.25) is 15.0 Å². The standard InChI is InChI=1S/C16H22N4O2.C8H11BrN2O.C7H7BrN2O2/c1-15(2,21)13-11(17)5-9(7-19-13)10-6-12(18)14(20-8-10)16(3,4)22;1-8(2,12)7-6(10)3-5(9)4-11-7;1-12-7(11)6-5(9)2-4(8)3-10-6/h5-8,21-22H,17-18H2,1-4H3;3-4,12H,10H2,1-2H3;2-3H,9H2,1H3. The topological polar surface area (TPSA) is 243 Å². The molecule has 4 aromatic rings. The number of aliphatic hydroxyl groups is 3. The molecular formula is C31H40Br2N8O5. The number of esters is 1. The second-order valence-corrected chi connectivity index (χ2v) is 13.5. The minimum absolute atomic E-state index is 0.140. The Bertz CT molecular complexity index is 1620. The maximum atomic E-state index is 11.0. The fourth-order valence-corrected chi connectivity index (χ4v) is 4.69. The first-order valence-corrected chi connectivity index (χ1v) is 15.2. The normalized spacial score (nSPS) is 11.5. The van der Waals surface area contributed by atoms with Crippen LogP contribution in [0.4, 0.5) is 22.7 Å². The van der Waals surface area contributed by atoms with Crippen molar-refractivity contribution in [3.63, 3.8) is 0 Å². The lowest BCUT2D eigenvalue weighted by Gasteiger charge is -2.20. The molecule has 0 atom stereocenters. The molecule has 4 heterocycles. The van der Waals surface area contributed by atoms with E-state index >= 15 is 0 Å². The number of ether oxygens (including phenoxy) is 1. The molecule has 0 amide bonds. The number of aromatic nitrogens is 4. The van der Waals surface area contributed by atoms with Crippen LogP contribution in [0.3, 0.4) is 0 Å². The maximum absolute atomic E-state index is 11.0. The third-order valence-corrected chi connectivity index (χ3v) is 6.92. The van der Waals surface area contributed by atoms with Crippen LogP contribution in [0.5, 0.6) is 0 Å². The zero-order chi connectivity index (χ0) is 35.2. The summed E-state index contributed by atoms with van der Waals surface area (Å²) in [5, 5.41) is 29.6. The minimum Gasteiger partial charge on any atom is -0.464 e. The summed E-state index contributed by atoms with van der Waals surface area (Å²) in [5.74, 6) is -0.528. The van der Waals surface area contributed by atoms with Gasteiger partial charge in [0.05, 0.1) is 46.9 Å². The van der Waals surface area contributed by atoms with E-state index in [1.807, 2.05) is 0 Å². The Morgan fingerprint density at radius 2 is 0.935 bits per heavy atom. The van der Waals surface area contributed by atoms with Gasteiger partial charge >= 0.3 is 5.97 Å². The molecule has 0 bridgehead atoms. The van der Waals surface area contributed by atoms with E-state index in [-0.39, 0.29) is 5.69 Å². The number of carbonyl (C=O) groups is 1. The molecular weight excluding hydrogens is 724 g/mol. The molecule has 46 heavy (non-hydrogen) atoms. The summed E-state index contributed by atoms with van der Waals surface area (Å²) in [7, 11) is 1.28. The summed E-state index contributed by atoms with van der Waals surface area (Å²) in [6.45, 7) is 9.82. The summed E-state index contributed by atoms with van der Waals surface area (Å²) in [6, 6.07) is 6.76. The molecule has 0 aliphatic carbocycles. The number of anilines is 4. The molecule has 4 aromatic heterocycles. The zero-order valence-corrected chi connectivity index (χ0v) is 29.8. The summed E-state index contributed by atoms with van der Waals surface area (Å²) in [5.41, 5.74) is 24.5. The average molecular weight is 765 g/mol. The van der Waals surface area contributed by atoms with Crippen molar-refractivity contribution < 1.29 is 24.9 Å². The lowest BCUT2D eigenvalue weighted by molar-refractivity contribution is 0.0594. The van der Waals surface area contributed by atoms with E-state index in [1.54, 1.807) is 84.4 Å². The van der Waals surface area contributed by atoms with Gasteiger partial charge in [0, 0.05) is 44.9 Å². The summed E-state index contributed by atoms with van der Waals surface area (Å²) >= 11 is 6.41. The zero-order valence-electron chi connectivity index (χ0n) is 26.6. The molecule has 0 radical (unpaired) electrons. The molecule has 0 fully saturated rings. The third kappa shape index (κ3) is 10.6. The van der Waals surface area contributed by atoms with Gasteiger partial charge in [-0.05, 0) is 97.7 Å². The van der Waals surface area contributed by atoms with E-state index in [9.17, 15) is 20.1 Å². The molecule has 11 N–H and O–H groups in total. The van der Waals surface area contributed by atoms with E-state index in [0.717, 1.165) is 20.1 Å². The van der Waals surface area contributed by atoms with Crippen LogP contribution in [0.1, 0.15) is 69.1 Å². The molecule has 15 heteroatoms. The quantitative estimate of drug-likeness (QED) is 0.137. The van der Waals surface area contributed by atoms with Gasteiger partial charge in [-0.25, -0.2) is 9.78 Å². The number of hydrogen-bond acceptors (Lipinski definition) is 13. The fourth-order valence-electron chi connectivity index (χ4n) is 3.99. The van der Waals surface area contributed by atoms with Crippen LogP contribution in [-0.4, -0.2) is 48.3 Å². The van der Waals surface area contributed by atoms with Crippen molar-refractivity contribution in [3.05, 3.63) is 80.8 Å². The number of rotatable bonds is 5. The largest absolute Gasteiger partial charge is 0.464 e. The van der Waals surface area contributed by atoms with Crippen molar-refractivity contribution in [2.24, 2.45) is 0 Å². The van der Waals surface area contributed by atoms with E-state index in [1.165, 1.54) is 13.3 Å². The van der Waals surface area contributed by atoms with Crippen molar-refractivity contribution in [3.8, 4) is 11.1 Å². The summed E-state index contributed by atoms with van der Waals surface area (Å²) in [6.07, 6.45) is 6.33. The van der Waals surface area contributed by atoms with E-state index in [2.05, 4.69) is 56.5 Å². The van der Waals surface area contributed by atoms with Gasteiger partial charge in [-0.2, -0.15) is 0 Å². The highest BCUT2D eigenvalue weighted by molar-refractivity contribution is 9.10. The summed E-state index contributed by atoms with van der Waals surface area (Å²) < 4.78 is 6.00. The number of halogens is 2. The highest BCUT2D eigenvalue weighted by Gasteiger charge is 2.23. The molecule has 0 aromatic carbocycles. The van der Waals surface area contributed by atoms with Crippen LogP contribution >= 0.6 is 31.9 Å². The second-order valence-electron chi connectivity index (χ2n) is 11.7. The summed E-state index contributed by atoms with van der Waals surface area (Å²) in [4.78, 5) is 27.3. The predicted octanol–water partition coefficient (Wildman–Crippen LogP) is 4.63. The fraction of sp³-hybridized carbons (Fsp3) is 0.323. The number of pyridine rings is 4. The van der Waals surface area contributed by atoms with Gasteiger partial charge in [0.25, 0.3) is 0 Å². The Balaban J connectivity index is 0.000000261. The smallest absolute Gasteiger partial charge is 0.358 e. The Kier molecular flexibility index (Phi) is 12.6. The molecule has 0 aliphatic rings. The predicted molar refractivity (Wildman–Crippen MR) is 186 cm³/mol. The molecule has 0 unspecified atom stereocenters. The first kappa shape index (κ1) is 38.3. The minimum atomic E-state index is -1.11. The van der Waals surface area contributed by atoms with Crippen LogP contribution in [0.2, 0.25) is 0 Å². The van der Waals surface area contributed by atoms with Gasteiger partial charge in [0.1, 0.15) is 16.8 Å². The van der Waals surface area contributed by atoms with Crippen LogP contribution in [0, 0.1) is 0 Å². The van der Waals surface area contributed by atoms with Crippen LogP contribution < -0.4 is 22.9 Å². The Labute approximate surface area is 284 Å². The first-order chi connectivity index (χ1) is 21.1. The van der Waals surface area contributed by atoms with Crippen molar-refractivity contribution >= 4 is 60.6 Å². The van der Waals surface area contributed by atoms with E-state index < -0.39 is 22.8 Å². The monoisotopic (exact) mass is 762 g/mol. The number of nitrogen functional groups attached to an aromatic ring is 4. The van der Waals surface area contributed by atoms with Gasteiger partial charge in [0.15, 0.2) is 5.69 Å². The van der Waals surface area contributed by atoms with Crippen LogP contribution in [0.25, 0.3) is 11.1 Å². The molecule has 4 rings (SSSR count). The number of nitrogens with zero attached hydrogens (tertiary/aromatic N) is 4. The Morgan fingerprint density at radius 1 is 0.609 bits per heavy atom.